The Balaban J connectivity index is 2.22. The number of unbranched alkanes of at least 4 members (excludes halogenated alkanes) is 3. The highest BCUT2D eigenvalue weighted by atomic mass is 35.5. The fourth-order valence-electron chi connectivity index (χ4n) is 1.92. The predicted octanol–water partition coefficient (Wildman–Crippen LogP) is 4.72. The Hall–Kier alpha value is -0.800. The number of nitrogens with one attached hydrogen (secondary N) is 1. The fraction of sp³-hybridized carbons (Fsp3) is 0.600. The van der Waals surface area contributed by atoms with Crippen LogP contribution in [0.5, 0.6) is 0 Å². The summed E-state index contributed by atoms with van der Waals surface area (Å²) in [6.45, 7) is 5.14. The van der Waals surface area contributed by atoms with Crippen molar-refractivity contribution in [3.63, 3.8) is 0 Å². The highest BCUT2D eigenvalue weighted by molar-refractivity contribution is 6.35. The van der Waals surface area contributed by atoms with Gasteiger partial charge in [-0.05, 0) is 18.4 Å². The minimum Gasteiger partial charge on any atom is -0.352 e. The van der Waals surface area contributed by atoms with Gasteiger partial charge in [-0.1, -0.05) is 62.7 Å². The van der Waals surface area contributed by atoms with Crippen LogP contribution >= 0.6 is 23.2 Å². The largest absolute Gasteiger partial charge is 0.352 e. The topological polar surface area (TPSA) is 42.0 Å². The van der Waals surface area contributed by atoms with Gasteiger partial charge in [0.15, 0.2) is 0 Å². The van der Waals surface area contributed by atoms with Gasteiger partial charge in [0.1, 0.15) is 5.15 Å². The van der Waals surface area contributed by atoms with Crippen LogP contribution in [0.15, 0.2) is 12.3 Å². The molecule has 0 atom stereocenters. The van der Waals surface area contributed by atoms with E-state index in [1.54, 1.807) is 0 Å². The number of carbonyl (C=O) groups excluding carboxylic acids is 1. The third kappa shape index (κ3) is 6.58. The first kappa shape index (κ1) is 17.3. The van der Waals surface area contributed by atoms with Gasteiger partial charge in [0.05, 0.1) is 10.6 Å². The minimum absolute atomic E-state index is 0.193. The van der Waals surface area contributed by atoms with Gasteiger partial charge in [-0.3, -0.25) is 4.79 Å². The molecule has 1 amide bonds. The van der Waals surface area contributed by atoms with E-state index in [9.17, 15) is 4.79 Å². The maximum atomic E-state index is 11.9. The number of hydrogen-bond donors (Lipinski definition) is 1. The number of amides is 1. The second-order valence-corrected chi connectivity index (χ2v) is 6.13. The zero-order chi connectivity index (χ0) is 15.0. The molecule has 0 unspecified atom stereocenters. The van der Waals surface area contributed by atoms with Crippen molar-refractivity contribution in [3.05, 3.63) is 28.0 Å². The fourth-order valence-corrected chi connectivity index (χ4v) is 2.26. The molecule has 1 heterocycles. The van der Waals surface area contributed by atoms with Crippen molar-refractivity contribution in [2.75, 3.05) is 6.54 Å². The average molecular weight is 317 g/mol. The molecule has 112 valence electrons. The van der Waals surface area contributed by atoms with Gasteiger partial charge in [-0.15, -0.1) is 0 Å². The van der Waals surface area contributed by atoms with E-state index < -0.39 is 0 Å². The summed E-state index contributed by atoms with van der Waals surface area (Å²) < 4.78 is 0. The molecule has 0 aromatic carbocycles. The van der Waals surface area contributed by atoms with Crippen molar-refractivity contribution in [2.45, 2.75) is 46.0 Å². The van der Waals surface area contributed by atoms with E-state index in [0.29, 0.717) is 17.1 Å². The van der Waals surface area contributed by atoms with Crippen LogP contribution in [0.4, 0.5) is 0 Å². The molecule has 0 bridgehead atoms. The van der Waals surface area contributed by atoms with E-state index >= 15 is 0 Å². The van der Waals surface area contributed by atoms with Crippen LogP contribution in [0.2, 0.25) is 10.2 Å². The summed E-state index contributed by atoms with van der Waals surface area (Å²) in [5.74, 6) is 0.578. The smallest absolute Gasteiger partial charge is 0.252 e. The molecule has 0 aliphatic heterocycles. The molecule has 0 fully saturated rings. The highest BCUT2D eigenvalue weighted by Crippen LogP contribution is 2.17. The first-order valence-electron chi connectivity index (χ1n) is 7.10. The lowest BCUT2D eigenvalue weighted by Crippen LogP contribution is -2.24. The molecule has 0 saturated heterocycles. The Bertz CT molecular complexity index is 436. The molecular weight excluding hydrogens is 295 g/mol. The maximum absolute atomic E-state index is 11.9. The Kier molecular flexibility index (Phi) is 7.93. The Morgan fingerprint density at radius 2 is 1.95 bits per heavy atom. The van der Waals surface area contributed by atoms with Crippen molar-refractivity contribution in [3.8, 4) is 0 Å². The number of pyridine rings is 1. The molecular formula is C15H22Cl2N2O. The molecule has 0 aliphatic rings. The van der Waals surface area contributed by atoms with Gasteiger partial charge >= 0.3 is 0 Å². The molecule has 0 radical (unpaired) electrons. The Labute approximate surface area is 131 Å². The molecule has 1 aromatic rings. The summed E-state index contributed by atoms with van der Waals surface area (Å²) >= 11 is 11.7. The van der Waals surface area contributed by atoms with Crippen LogP contribution in [0.3, 0.4) is 0 Å². The van der Waals surface area contributed by atoms with Crippen LogP contribution in [0.25, 0.3) is 0 Å². The van der Waals surface area contributed by atoms with Gasteiger partial charge in [0.25, 0.3) is 5.91 Å². The lowest BCUT2D eigenvalue weighted by atomic mass is 10.0. The predicted molar refractivity (Wildman–Crippen MR) is 84.5 cm³/mol. The zero-order valence-corrected chi connectivity index (χ0v) is 13.6. The summed E-state index contributed by atoms with van der Waals surface area (Å²) in [5, 5.41) is 3.45. The highest BCUT2D eigenvalue weighted by Gasteiger charge is 2.10. The maximum Gasteiger partial charge on any atom is 0.252 e. The lowest BCUT2D eigenvalue weighted by Gasteiger charge is -2.07. The number of nitrogens with zero attached hydrogens (tertiary/aromatic N) is 1. The number of aromatic nitrogens is 1. The molecule has 1 rings (SSSR count). The van der Waals surface area contributed by atoms with E-state index in [1.807, 2.05) is 0 Å². The molecule has 20 heavy (non-hydrogen) atoms. The molecule has 1 aromatic heterocycles. The summed E-state index contributed by atoms with van der Waals surface area (Å²) in [6, 6.07) is 1.49. The van der Waals surface area contributed by atoms with Gasteiger partial charge in [-0.2, -0.15) is 0 Å². The lowest BCUT2D eigenvalue weighted by molar-refractivity contribution is 0.0953. The summed E-state index contributed by atoms with van der Waals surface area (Å²) in [4.78, 5) is 15.7. The number of hydrogen-bond acceptors (Lipinski definition) is 2. The quantitative estimate of drug-likeness (QED) is 0.556. The van der Waals surface area contributed by atoms with Crippen LogP contribution < -0.4 is 5.32 Å². The normalized spacial score (nSPS) is 10.8. The van der Waals surface area contributed by atoms with Gasteiger partial charge < -0.3 is 5.32 Å². The van der Waals surface area contributed by atoms with Crippen LogP contribution in [-0.2, 0) is 0 Å². The van der Waals surface area contributed by atoms with Crippen LogP contribution in [0, 0.1) is 5.92 Å². The van der Waals surface area contributed by atoms with Crippen molar-refractivity contribution < 1.29 is 4.79 Å². The van der Waals surface area contributed by atoms with Gasteiger partial charge in [0.2, 0.25) is 0 Å². The standard InChI is InChI=1S/C15H22Cl2N2O/c1-11(2)7-5-3-4-6-8-18-15(20)12-9-14(17)19-10-13(12)16/h9-11H,3-8H2,1-2H3,(H,18,20). The van der Waals surface area contributed by atoms with E-state index in [2.05, 4.69) is 24.1 Å². The van der Waals surface area contributed by atoms with Crippen molar-refractivity contribution >= 4 is 29.1 Å². The molecule has 5 heteroatoms. The first-order valence-corrected chi connectivity index (χ1v) is 7.85. The molecule has 0 aliphatic carbocycles. The van der Waals surface area contributed by atoms with E-state index in [1.165, 1.54) is 31.5 Å². The Morgan fingerprint density at radius 1 is 1.25 bits per heavy atom. The number of rotatable bonds is 8. The van der Waals surface area contributed by atoms with Crippen LogP contribution in [0.1, 0.15) is 56.3 Å². The summed E-state index contributed by atoms with van der Waals surface area (Å²) in [5.41, 5.74) is 0.381. The first-order chi connectivity index (χ1) is 9.50. The van der Waals surface area contributed by atoms with Gasteiger partial charge in [-0.25, -0.2) is 4.98 Å². The third-order valence-electron chi connectivity index (χ3n) is 3.06. The number of carbonyl (C=O) groups is 1. The van der Waals surface area contributed by atoms with E-state index in [0.717, 1.165) is 18.8 Å². The van der Waals surface area contributed by atoms with Crippen molar-refractivity contribution in [1.29, 1.82) is 0 Å². The molecule has 0 spiro atoms. The molecule has 0 saturated carbocycles. The second-order valence-electron chi connectivity index (χ2n) is 5.34. The van der Waals surface area contributed by atoms with E-state index in [-0.39, 0.29) is 11.1 Å². The second kappa shape index (κ2) is 9.19. The minimum atomic E-state index is -0.193. The number of halogens is 2. The van der Waals surface area contributed by atoms with Crippen molar-refractivity contribution in [2.24, 2.45) is 5.92 Å². The Morgan fingerprint density at radius 3 is 2.65 bits per heavy atom. The average Bonchev–Trinajstić information content (AvgIpc) is 2.39. The molecule has 3 nitrogen and oxygen atoms in total. The molecule has 1 N–H and O–H groups in total. The van der Waals surface area contributed by atoms with E-state index in [4.69, 9.17) is 23.2 Å². The van der Waals surface area contributed by atoms with Crippen LogP contribution in [-0.4, -0.2) is 17.4 Å². The monoisotopic (exact) mass is 316 g/mol. The third-order valence-corrected chi connectivity index (χ3v) is 3.57. The van der Waals surface area contributed by atoms with Crippen molar-refractivity contribution in [1.82, 2.24) is 10.3 Å². The zero-order valence-electron chi connectivity index (χ0n) is 12.1. The van der Waals surface area contributed by atoms with Gasteiger partial charge in [0, 0.05) is 12.7 Å². The SMILES string of the molecule is CC(C)CCCCCCNC(=O)c1cc(Cl)ncc1Cl. The summed E-state index contributed by atoms with van der Waals surface area (Å²) in [6.07, 6.45) is 7.27. The summed E-state index contributed by atoms with van der Waals surface area (Å²) in [7, 11) is 0.